The molecule has 14 heavy (non-hydrogen) atoms. The van der Waals surface area contributed by atoms with E-state index in [0.717, 1.165) is 0 Å². The van der Waals surface area contributed by atoms with E-state index in [4.69, 9.17) is 69.6 Å². The van der Waals surface area contributed by atoms with Crippen molar-refractivity contribution in [2.24, 2.45) is 0 Å². The first-order chi connectivity index (χ1) is 5.46. The average Bonchev–Trinajstić information content (AvgIpc) is 2.08. The maximum Gasteiger partial charge on any atom is 1.00 e. The van der Waals surface area contributed by atoms with Crippen LogP contribution in [0.4, 0.5) is 0 Å². The van der Waals surface area contributed by atoms with Gasteiger partial charge in [-0.15, -0.1) is 69.6 Å². The molecular formula is C6H6Cl6FNa. The molecule has 0 aromatic heterocycles. The first-order valence-corrected chi connectivity index (χ1v) is 5.93. The molecule has 0 aromatic rings. The van der Waals surface area contributed by atoms with Gasteiger partial charge in [0.05, 0.1) is 32.3 Å². The standard InChI is InChI=1S/C6H6Cl6.FH.Na/c7-1-2(8)4(10)6(12)5(11)3(1)9;;/h1-6H;1H;/q;;+1/p-1. The summed E-state index contributed by atoms with van der Waals surface area (Å²) in [6.45, 7) is 0. The Morgan fingerprint density at radius 2 is 0.500 bits per heavy atom. The molecule has 0 radical (unpaired) electrons. The van der Waals surface area contributed by atoms with Crippen molar-refractivity contribution in [1.29, 1.82) is 0 Å². The van der Waals surface area contributed by atoms with Gasteiger partial charge in [-0.3, -0.25) is 0 Å². The zero-order valence-corrected chi connectivity index (χ0v) is 13.6. The molecule has 0 heterocycles. The minimum atomic E-state index is -0.437. The molecule has 1 rings (SSSR count). The summed E-state index contributed by atoms with van der Waals surface area (Å²) >= 11 is 35.3. The van der Waals surface area contributed by atoms with Crippen molar-refractivity contribution in [2.75, 3.05) is 0 Å². The van der Waals surface area contributed by atoms with Crippen LogP contribution in [-0.2, 0) is 0 Å². The fourth-order valence-corrected chi connectivity index (χ4v) is 3.38. The molecule has 0 nitrogen and oxygen atoms in total. The Balaban J connectivity index is 0. The van der Waals surface area contributed by atoms with Crippen molar-refractivity contribution >= 4 is 69.6 Å². The molecule has 0 atom stereocenters. The van der Waals surface area contributed by atoms with E-state index >= 15 is 0 Å². The molecule has 0 unspecified atom stereocenters. The molecule has 0 N–H and O–H groups in total. The molecule has 1 saturated carbocycles. The van der Waals surface area contributed by atoms with E-state index in [0.29, 0.717) is 0 Å². The number of hydrogen-bond acceptors (Lipinski definition) is 0. The van der Waals surface area contributed by atoms with Gasteiger partial charge < -0.3 is 4.70 Å². The van der Waals surface area contributed by atoms with Crippen molar-refractivity contribution in [3.05, 3.63) is 0 Å². The first-order valence-electron chi connectivity index (χ1n) is 3.31. The van der Waals surface area contributed by atoms with Crippen molar-refractivity contribution in [2.45, 2.75) is 32.3 Å². The van der Waals surface area contributed by atoms with E-state index in [-0.39, 0.29) is 34.3 Å². The topological polar surface area (TPSA) is 0 Å². The van der Waals surface area contributed by atoms with Gasteiger partial charge in [0.1, 0.15) is 0 Å². The zero-order chi connectivity index (χ0) is 9.46. The van der Waals surface area contributed by atoms with Crippen molar-refractivity contribution < 1.29 is 34.3 Å². The van der Waals surface area contributed by atoms with Crippen molar-refractivity contribution in [3.8, 4) is 0 Å². The predicted octanol–water partition coefficient (Wildman–Crippen LogP) is -2.35. The number of rotatable bonds is 0. The Labute approximate surface area is 135 Å². The summed E-state index contributed by atoms with van der Waals surface area (Å²) in [6, 6.07) is 0. The van der Waals surface area contributed by atoms with Gasteiger partial charge in [-0.05, 0) is 0 Å². The Bertz CT molecular complexity index is 114. The molecule has 0 saturated heterocycles. The molecule has 0 aliphatic heterocycles. The van der Waals surface area contributed by atoms with Crippen LogP contribution in [0.15, 0.2) is 0 Å². The van der Waals surface area contributed by atoms with Crippen LogP contribution in [0.1, 0.15) is 0 Å². The second-order valence-electron chi connectivity index (χ2n) is 2.67. The summed E-state index contributed by atoms with van der Waals surface area (Å²) in [5.41, 5.74) is 0. The largest absolute Gasteiger partial charge is 1.00 e. The number of halogens is 7. The van der Waals surface area contributed by atoms with Crippen LogP contribution in [-0.4, -0.2) is 32.3 Å². The third-order valence-corrected chi connectivity index (χ3v) is 5.86. The molecule has 0 aromatic carbocycles. The normalized spacial score (nSPS) is 47.6. The van der Waals surface area contributed by atoms with Gasteiger partial charge in [-0.2, -0.15) is 0 Å². The van der Waals surface area contributed by atoms with Crippen LogP contribution in [0.25, 0.3) is 0 Å². The van der Waals surface area contributed by atoms with Crippen LogP contribution in [0.3, 0.4) is 0 Å². The molecular weight excluding hydrogens is 327 g/mol. The maximum atomic E-state index is 5.88. The van der Waals surface area contributed by atoms with Gasteiger partial charge in [0.15, 0.2) is 0 Å². The maximum absolute atomic E-state index is 5.88. The minimum Gasteiger partial charge on any atom is -1.00 e. The smallest absolute Gasteiger partial charge is 1.00 e. The molecule has 1 fully saturated rings. The Kier molecular flexibility index (Phi) is 10.7. The van der Waals surface area contributed by atoms with Gasteiger partial charge in [0.25, 0.3) is 0 Å². The first kappa shape index (κ1) is 19.0. The molecule has 0 amide bonds. The van der Waals surface area contributed by atoms with Gasteiger partial charge in [-0.1, -0.05) is 0 Å². The monoisotopic (exact) mass is 330 g/mol. The van der Waals surface area contributed by atoms with Gasteiger partial charge in [0.2, 0.25) is 0 Å². The summed E-state index contributed by atoms with van der Waals surface area (Å²) < 4.78 is 0. The second-order valence-corrected chi connectivity index (χ2v) is 5.69. The summed E-state index contributed by atoms with van der Waals surface area (Å²) in [5.74, 6) is 0. The zero-order valence-electron chi connectivity index (χ0n) is 7.11. The molecule has 8 heteroatoms. The van der Waals surface area contributed by atoms with Gasteiger partial charge in [-0.25, -0.2) is 0 Å². The average molecular weight is 333 g/mol. The van der Waals surface area contributed by atoms with Crippen molar-refractivity contribution in [1.82, 2.24) is 0 Å². The van der Waals surface area contributed by atoms with E-state index in [1.54, 1.807) is 0 Å². The van der Waals surface area contributed by atoms with Crippen LogP contribution < -0.4 is 34.3 Å². The summed E-state index contributed by atoms with van der Waals surface area (Å²) in [6.07, 6.45) is 0. The number of hydrogen-bond donors (Lipinski definition) is 0. The molecule has 0 bridgehead atoms. The molecule has 1 aliphatic carbocycles. The second kappa shape index (κ2) is 7.89. The minimum absolute atomic E-state index is 0. The van der Waals surface area contributed by atoms with Crippen LogP contribution in [0, 0.1) is 0 Å². The van der Waals surface area contributed by atoms with Crippen LogP contribution in [0.2, 0.25) is 0 Å². The van der Waals surface area contributed by atoms with E-state index < -0.39 is 32.3 Å². The fourth-order valence-electron chi connectivity index (χ4n) is 1.05. The van der Waals surface area contributed by atoms with Gasteiger partial charge in [0, 0.05) is 0 Å². The predicted molar refractivity (Wildman–Crippen MR) is 57.8 cm³/mol. The van der Waals surface area contributed by atoms with E-state index in [1.807, 2.05) is 0 Å². The molecule has 1 aliphatic rings. The summed E-state index contributed by atoms with van der Waals surface area (Å²) in [7, 11) is 0. The van der Waals surface area contributed by atoms with E-state index in [9.17, 15) is 0 Å². The number of alkyl halides is 6. The van der Waals surface area contributed by atoms with Crippen molar-refractivity contribution in [3.63, 3.8) is 0 Å². The molecule has 80 valence electrons. The summed E-state index contributed by atoms with van der Waals surface area (Å²) in [4.78, 5) is 0. The third-order valence-electron chi connectivity index (χ3n) is 1.83. The SMILES string of the molecule is ClC1C(Cl)C(Cl)C(Cl)C(Cl)C1Cl.[F-].[Na+]. The fraction of sp³-hybridized carbons (Fsp3) is 1.00. The van der Waals surface area contributed by atoms with Crippen LogP contribution in [0.5, 0.6) is 0 Å². The Morgan fingerprint density at radius 1 is 0.429 bits per heavy atom. The van der Waals surface area contributed by atoms with E-state index in [1.165, 1.54) is 0 Å². The summed E-state index contributed by atoms with van der Waals surface area (Å²) in [5, 5.41) is -2.62. The van der Waals surface area contributed by atoms with Crippen LogP contribution >= 0.6 is 69.6 Å². The molecule has 0 spiro atoms. The third kappa shape index (κ3) is 3.85. The van der Waals surface area contributed by atoms with E-state index in [2.05, 4.69) is 0 Å². The Hall–Kier alpha value is 2.67. The quantitative estimate of drug-likeness (QED) is 0.344. The Morgan fingerprint density at radius 3 is 0.571 bits per heavy atom. The van der Waals surface area contributed by atoms with Gasteiger partial charge >= 0.3 is 29.6 Å².